The fourth-order valence-corrected chi connectivity index (χ4v) is 2.87. The van der Waals surface area contributed by atoms with Gasteiger partial charge in [0, 0.05) is 11.8 Å². The van der Waals surface area contributed by atoms with Gasteiger partial charge < -0.3 is 10.5 Å². The first kappa shape index (κ1) is 15.1. The van der Waals surface area contributed by atoms with Crippen LogP contribution in [0.5, 0.6) is 5.75 Å². The Kier molecular flexibility index (Phi) is 4.32. The zero-order valence-corrected chi connectivity index (χ0v) is 12.2. The fourth-order valence-electron chi connectivity index (χ4n) is 1.76. The fraction of sp³-hybridized carbons (Fsp3) is 0.143. The summed E-state index contributed by atoms with van der Waals surface area (Å²) in [6.45, 7) is 2.28. The molecule has 0 spiro atoms. The number of halogens is 1. The third-order valence-corrected chi connectivity index (χ3v) is 4.06. The lowest BCUT2D eigenvalue weighted by atomic mass is 10.3. The van der Waals surface area contributed by atoms with Crippen molar-refractivity contribution in [3.63, 3.8) is 0 Å². The quantitative estimate of drug-likeness (QED) is 0.832. The van der Waals surface area contributed by atoms with Gasteiger partial charge in [0.15, 0.2) is 0 Å². The molecule has 0 saturated carbocycles. The third-order valence-electron chi connectivity index (χ3n) is 2.64. The van der Waals surface area contributed by atoms with Gasteiger partial charge in [0.25, 0.3) is 10.0 Å². The van der Waals surface area contributed by atoms with Gasteiger partial charge in [-0.1, -0.05) is 6.07 Å². The van der Waals surface area contributed by atoms with E-state index in [0.717, 1.165) is 12.1 Å². The molecule has 0 unspecified atom stereocenters. The Morgan fingerprint density at radius 2 is 2.00 bits per heavy atom. The summed E-state index contributed by atoms with van der Waals surface area (Å²) in [5, 5.41) is 0. The second-order valence-electron chi connectivity index (χ2n) is 4.26. The molecule has 0 fully saturated rings. The van der Waals surface area contributed by atoms with Gasteiger partial charge in [-0.3, -0.25) is 4.72 Å². The van der Waals surface area contributed by atoms with Crippen LogP contribution < -0.4 is 15.2 Å². The Bertz CT molecular complexity index is 748. The zero-order valence-electron chi connectivity index (χ0n) is 11.3. The van der Waals surface area contributed by atoms with Gasteiger partial charge in [0.1, 0.15) is 16.5 Å². The predicted molar refractivity (Wildman–Crippen MR) is 79.2 cm³/mol. The molecule has 0 aromatic heterocycles. The summed E-state index contributed by atoms with van der Waals surface area (Å²) in [5.41, 5.74) is 5.85. The van der Waals surface area contributed by atoms with Gasteiger partial charge in [-0.15, -0.1) is 0 Å². The number of anilines is 2. The van der Waals surface area contributed by atoms with Crippen molar-refractivity contribution >= 4 is 21.4 Å². The number of benzene rings is 2. The highest BCUT2D eigenvalue weighted by Gasteiger charge is 2.19. The number of hydrogen-bond acceptors (Lipinski definition) is 4. The number of ether oxygens (including phenoxy) is 1. The van der Waals surface area contributed by atoms with Crippen molar-refractivity contribution in [3.8, 4) is 5.75 Å². The SMILES string of the molecule is CCOc1cccc(NS(=O)(=O)c2ccc(N)cc2F)c1. The van der Waals surface area contributed by atoms with Crippen LogP contribution in [0.1, 0.15) is 6.92 Å². The first-order valence-corrected chi connectivity index (χ1v) is 7.71. The molecule has 0 heterocycles. The molecule has 0 saturated heterocycles. The van der Waals surface area contributed by atoms with Crippen LogP contribution in [0.4, 0.5) is 15.8 Å². The summed E-state index contributed by atoms with van der Waals surface area (Å²) in [4.78, 5) is -0.460. The molecule has 0 aliphatic heterocycles. The summed E-state index contributed by atoms with van der Waals surface area (Å²) in [7, 11) is -4.03. The van der Waals surface area contributed by atoms with Crippen molar-refractivity contribution in [1.29, 1.82) is 0 Å². The van der Waals surface area contributed by atoms with E-state index in [2.05, 4.69) is 4.72 Å². The largest absolute Gasteiger partial charge is 0.494 e. The standard InChI is InChI=1S/C14H15FN2O3S/c1-2-20-12-5-3-4-11(9-12)17-21(18,19)14-7-6-10(16)8-13(14)15/h3-9,17H,2,16H2,1H3. The molecule has 0 aliphatic rings. The second-order valence-corrected chi connectivity index (χ2v) is 5.91. The minimum Gasteiger partial charge on any atom is -0.494 e. The Morgan fingerprint density at radius 3 is 2.67 bits per heavy atom. The molecular formula is C14H15FN2O3S. The Labute approximate surface area is 122 Å². The van der Waals surface area contributed by atoms with Crippen LogP contribution in [0.3, 0.4) is 0 Å². The van der Waals surface area contributed by atoms with Gasteiger partial charge in [0.2, 0.25) is 0 Å². The van der Waals surface area contributed by atoms with Gasteiger partial charge in [-0.2, -0.15) is 0 Å². The molecule has 0 radical (unpaired) electrons. The molecule has 2 aromatic carbocycles. The minimum absolute atomic E-state index is 0.157. The number of hydrogen-bond donors (Lipinski definition) is 2. The summed E-state index contributed by atoms with van der Waals surface area (Å²) in [6.07, 6.45) is 0. The normalized spacial score (nSPS) is 11.1. The Balaban J connectivity index is 2.31. The lowest BCUT2D eigenvalue weighted by molar-refractivity contribution is 0.340. The number of sulfonamides is 1. The van der Waals surface area contributed by atoms with E-state index in [1.54, 1.807) is 18.2 Å². The zero-order chi connectivity index (χ0) is 15.5. The number of nitrogens with two attached hydrogens (primary N) is 1. The van der Waals surface area contributed by atoms with E-state index >= 15 is 0 Å². The predicted octanol–water partition coefficient (Wildman–Crippen LogP) is 2.61. The molecule has 0 atom stereocenters. The lowest BCUT2D eigenvalue weighted by Crippen LogP contribution is -2.14. The topological polar surface area (TPSA) is 81.4 Å². The highest BCUT2D eigenvalue weighted by Crippen LogP contribution is 2.23. The molecule has 0 amide bonds. The van der Waals surface area contributed by atoms with Crippen molar-refractivity contribution in [3.05, 3.63) is 48.3 Å². The number of nitrogens with one attached hydrogen (secondary N) is 1. The van der Waals surface area contributed by atoms with Gasteiger partial charge in [-0.05, 0) is 37.3 Å². The van der Waals surface area contributed by atoms with Gasteiger partial charge >= 0.3 is 0 Å². The van der Waals surface area contributed by atoms with Crippen molar-refractivity contribution in [2.75, 3.05) is 17.1 Å². The molecule has 2 rings (SSSR count). The van der Waals surface area contributed by atoms with Crippen molar-refractivity contribution in [2.24, 2.45) is 0 Å². The molecule has 0 aliphatic carbocycles. The summed E-state index contributed by atoms with van der Waals surface area (Å²) in [5.74, 6) is -0.376. The average Bonchev–Trinajstić information content (AvgIpc) is 2.38. The highest BCUT2D eigenvalue weighted by molar-refractivity contribution is 7.92. The first-order valence-electron chi connectivity index (χ1n) is 6.23. The molecular weight excluding hydrogens is 295 g/mol. The van der Waals surface area contributed by atoms with E-state index in [1.165, 1.54) is 12.1 Å². The van der Waals surface area contributed by atoms with Crippen LogP contribution >= 0.6 is 0 Å². The second kappa shape index (κ2) is 6.01. The van der Waals surface area contributed by atoms with Crippen molar-refractivity contribution < 1.29 is 17.5 Å². The number of rotatable bonds is 5. The maximum Gasteiger partial charge on any atom is 0.264 e. The monoisotopic (exact) mass is 310 g/mol. The molecule has 21 heavy (non-hydrogen) atoms. The van der Waals surface area contributed by atoms with Gasteiger partial charge in [-0.25, -0.2) is 12.8 Å². The lowest BCUT2D eigenvalue weighted by Gasteiger charge is -2.10. The van der Waals surface area contributed by atoms with Crippen molar-refractivity contribution in [2.45, 2.75) is 11.8 Å². The Morgan fingerprint density at radius 1 is 1.24 bits per heavy atom. The molecule has 0 bridgehead atoms. The third kappa shape index (κ3) is 3.63. The van der Waals surface area contributed by atoms with E-state index < -0.39 is 20.7 Å². The van der Waals surface area contributed by atoms with Crippen LogP contribution in [-0.2, 0) is 10.0 Å². The smallest absolute Gasteiger partial charge is 0.264 e. The van der Waals surface area contributed by atoms with E-state index in [4.69, 9.17) is 10.5 Å². The molecule has 7 heteroatoms. The van der Waals surface area contributed by atoms with Crippen LogP contribution in [0, 0.1) is 5.82 Å². The molecule has 112 valence electrons. The summed E-state index contributed by atoms with van der Waals surface area (Å²) >= 11 is 0. The average molecular weight is 310 g/mol. The molecule has 5 nitrogen and oxygen atoms in total. The summed E-state index contributed by atoms with van der Waals surface area (Å²) < 4.78 is 45.7. The van der Waals surface area contributed by atoms with Crippen LogP contribution in [0.2, 0.25) is 0 Å². The van der Waals surface area contributed by atoms with E-state index in [0.29, 0.717) is 12.4 Å². The maximum atomic E-state index is 13.7. The number of nitrogen functional groups attached to an aromatic ring is 1. The van der Waals surface area contributed by atoms with E-state index in [9.17, 15) is 12.8 Å². The van der Waals surface area contributed by atoms with Crippen LogP contribution in [-0.4, -0.2) is 15.0 Å². The molecule has 2 aromatic rings. The minimum atomic E-state index is -4.03. The van der Waals surface area contributed by atoms with Crippen LogP contribution in [0.25, 0.3) is 0 Å². The highest BCUT2D eigenvalue weighted by atomic mass is 32.2. The van der Waals surface area contributed by atoms with Crippen molar-refractivity contribution in [1.82, 2.24) is 0 Å². The summed E-state index contributed by atoms with van der Waals surface area (Å²) in [6, 6.07) is 9.83. The van der Waals surface area contributed by atoms with Crippen LogP contribution in [0.15, 0.2) is 47.4 Å². The molecule has 3 N–H and O–H groups in total. The first-order chi connectivity index (χ1) is 9.92. The van der Waals surface area contributed by atoms with Gasteiger partial charge in [0.05, 0.1) is 12.3 Å². The Hall–Kier alpha value is -2.28. The van der Waals surface area contributed by atoms with E-state index in [1.807, 2.05) is 6.92 Å². The maximum absolute atomic E-state index is 13.7. The van der Waals surface area contributed by atoms with E-state index in [-0.39, 0.29) is 11.4 Å².